The summed E-state index contributed by atoms with van der Waals surface area (Å²) in [6.45, 7) is 8.32. The van der Waals surface area contributed by atoms with E-state index in [1.807, 2.05) is 6.20 Å². The lowest BCUT2D eigenvalue weighted by Crippen LogP contribution is -2.45. The molecule has 1 aromatic carbocycles. The van der Waals surface area contributed by atoms with Gasteiger partial charge in [-0.1, -0.05) is 31.1 Å². The number of aromatic nitrogens is 3. The Kier molecular flexibility index (Phi) is 7.72. The summed E-state index contributed by atoms with van der Waals surface area (Å²) in [5.41, 5.74) is 1.91. The number of halogens is 1. The molecule has 0 bridgehead atoms. The average Bonchev–Trinajstić information content (AvgIpc) is 3.45. The second-order valence-electron chi connectivity index (χ2n) is 8.98. The number of benzene rings is 1. The normalized spacial score (nSPS) is 17.3. The first-order chi connectivity index (χ1) is 15.9. The Balaban J connectivity index is 1.43. The van der Waals surface area contributed by atoms with Crippen LogP contribution in [0.15, 0.2) is 24.4 Å². The number of rotatable bonds is 9. The highest BCUT2D eigenvalue weighted by atomic mass is 32.1. The molecule has 1 aliphatic rings. The summed E-state index contributed by atoms with van der Waals surface area (Å²) in [5, 5.41) is 13.8. The largest absolute Gasteiger partial charge is 0.361 e. The zero-order valence-electron chi connectivity index (χ0n) is 19.6. The number of piperazine rings is 1. The van der Waals surface area contributed by atoms with E-state index in [-0.39, 0.29) is 23.8 Å². The van der Waals surface area contributed by atoms with Crippen LogP contribution in [-0.4, -0.2) is 70.2 Å². The summed E-state index contributed by atoms with van der Waals surface area (Å²) >= 11 is 1.38. The second-order valence-corrected chi connectivity index (χ2v) is 9.99. The molecule has 0 aliphatic carbocycles. The molecule has 1 saturated heterocycles. The third-order valence-electron chi connectivity index (χ3n) is 6.51. The maximum atomic E-state index is 13.8. The number of likely N-dealkylation sites (N-methyl/N-ethyl adjacent to an activating group) is 1. The maximum absolute atomic E-state index is 13.8. The molecule has 3 heterocycles. The first kappa shape index (κ1) is 23.8. The van der Waals surface area contributed by atoms with Crippen LogP contribution >= 0.6 is 11.3 Å². The summed E-state index contributed by atoms with van der Waals surface area (Å²) < 4.78 is 13.8. The lowest BCUT2D eigenvalue weighted by atomic mass is 10.0. The first-order valence-corrected chi connectivity index (χ1v) is 12.6. The maximum Gasteiger partial charge on any atom is 0.282 e. The highest BCUT2D eigenvalue weighted by Crippen LogP contribution is 2.25. The number of fused-ring (bicyclic) bond motifs is 1. The number of nitrogens with zero attached hydrogens (tertiary/aromatic N) is 4. The molecule has 0 spiro atoms. The van der Waals surface area contributed by atoms with Crippen LogP contribution in [0.5, 0.6) is 0 Å². The standard InChI is InChI=1S/C24H33FN6OS/c1-4-5-6-19(13-17-15-26-21-8-7-18(25)14-20(17)21)27-22(32)24-29-28-23(33-24)16(2)31-11-9-30(3)10-12-31/h7-8,14-16,19,26H,4-6,9-13H2,1-3H3,(H,27,32). The van der Waals surface area contributed by atoms with Gasteiger partial charge in [-0.3, -0.25) is 9.69 Å². The highest BCUT2D eigenvalue weighted by molar-refractivity contribution is 7.13. The fourth-order valence-electron chi connectivity index (χ4n) is 4.37. The quantitative estimate of drug-likeness (QED) is 0.492. The lowest BCUT2D eigenvalue weighted by molar-refractivity contribution is 0.0933. The smallest absolute Gasteiger partial charge is 0.282 e. The number of unbranched alkanes of at least 4 members (excludes halogenated alkanes) is 1. The molecule has 0 radical (unpaired) electrons. The predicted molar refractivity (Wildman–Crippen MR) is 130 cm³/mol. The van der Waals surface area contributed by atoms with Crippen LogP contribution in [-0.2, 0) is 6.42 Å². The van der Waals surface area contributed by atoms with Crippen LogP contribution in [0.4, 0.5) is 4.39 Å². The van der Waals surface area contributed by atoms with Crippen molar-refractivity contribution in [2.75, 3.05) is 33.2 Å². The fourth-order valence-corrected chi connectivity index (χ4v) is 5.20. The van der Waals surface area contributed by atoms with E-state index < -0.39 is 0 Å². The van der Waals surface area contributed by atoms with Crippen molar-refractivity contribution >= 4 is 28.1 Å². The van der Waals surface area contributed by atoms with E-state index in [1.54, 1.807) is 12.1 Å². The van der Waals surface area contributed by atoms with Gasteiger partial charge >= 0.3 is 0 Å². The minimum absolute atomic E-state index is 0.0536. The Morgan fingerprint density at radius 3 is 2.82 bits per heavy atom. The number of carbonyl (C=O) groups excluding carboxylic acids is 1. The second kappa shape index (κ2) is 10.7. The molecule has 2 unspecified atom stereocenters. The molecule has 1 aliphatic heterocycles. The molecular formula is C24H33FN6OS. The van der Waals surface area contributed by atoms with Crippen LogP contribution < -0.4 is 5.32 Å². The van der Waals surface area contributed by atoms with Gasteiger partial charge in [-0.25, -0.2) is 4.39 Å². The molecule has 7 nitrogen and oxygen atoms in total. The molecule has 2 atom stereocenters. The molecule has 1 fully saturated rings. The van der Waals surface area contributed by atoms with E-state index in [0.29, 0.717) is 11.4 Å². The average molecular weight is 473 g/mol. The zero-order valence-corrected chi connectivity index (χ0v) is 20.4. The molecule has 4 rings (SSSR count). The lowest BCUT2D eigenvalue weighted by Gasteiger charge is -2.35. The number of carbonyl (C=O) groups is 1. The van der Waals surface area contributed by atoms with Gasteiger partial charge in [0.25, 0.3) is 5.91 Å². The van der Waals surface area contributed by atoms with Crippen molar-refractivity contribution in [3.8, 4) is 0 Å². The van der Waals surface area contributed by atoms with Gasteiger partial charge in [0.2, 0.25) is 5.01 Å². The van der Waals surface area contributed by atoms with Crippen molar-refractivity contribution in [3.05, 3.63) is 45.8 Å². The summed E-state index contributed by atoms with van der Waals surface area (Å²) in [5.74, 6) is -0.440. The van der Waals surface area contributed by atoms with E-state index in [9.17, 15) is 9.18 Å². The summed E-state index contributed by atoms with van der Waals surface area (Å²) in [6, 6.07) is 4.85. The van der Waals surface area contributed by atoms with Crippen molar-refractivity contribution in [1.29, 1.82) is 0 Å². The van der Waals surface area contributed by atoms with Crippen molar-refractivity contribution in [2.24, 2.45) is 0 Å². The molecule has 3 aromatic rings. The van der Waals surface area contributed by atoms with Gasteiger partial charge < -0.3 is 15.2 Å². The van der Waals surface area contributed by atoms with Gasteiger partial charge in [0.1, 0.15) is 10.8 Å². The van der Waals surface area contributed by atoms with Gasteiger partial charge in [0.05, 0.1) is 6.04 Å². The van der Waals surface area contributed by atoms with E-state index >= 15 is 0 Å². The Morgan fingerprint density at radius 2 is 2.06 bits per heavy atom. The number of hydrogen-bond donors (Lipinski definition) is 2. The summed E-state index contributed by atoms with van der Waals surface area (Å²) in [6.07, 6.45) is 5.45. The van der Waals surface area contributed by atoms with Crippen molar-refractivity contribution in [2.45, 2.75) is 51.6 Å². The number of H-pyrrole nitrogens is 1. The molecule has 33 heavy (non-hydrogen) atoms. The Hall–Kier alpha value is -2.36. The van der Waals surface area contributed by atoms with Gasteiger partial charge in [-0.2, -0.15) is 0 Å². The molecule has 178 valence electrons. The first-order valence-electron chi connectivity index (χ1n) is 11.8. The highest BCUT2D eigenvalue weighted by Gasteiger charge is 2.25. The number of aromatic amines is 1. The van der Waals surface area contributed by atoms with Crippen molar-refractivity contribution < 1.29 is 9.18 Å². The topological polar surface area (TPSA) is 77.1 Å². The Bertz CT molecular complexity index is 1070. The molecule has 0 saturated carbocycles. The summed E-state index contributed by atoms with van der Waals surface area (Å²) in [4.78, 5) is 20.9. The monoisotopic (exact) mass is 472 g/mol. The zero-order chi connectivity index (χ0) is 23.4. The molecule has 2 aromatic heterocycles. The predicted octanol–water partition coefficient (Wildman–Crippen LogP) is 4.00. The van der Waals surface area contributed by atoms with Crippen LogP contribution in [0, 0.1) is 5.82 Å². The minimum atomic E-state index is -0.256. The number of hydrogen-bond acceptors (Lipinski definition) is 6. The summed E-state index contributed by atoms with van der Waals surface area (Å²) in [7, 11) is 2.14. The Morgan fingerprint density at radius 1 is 1.27 bits per heavy atom. The number of amides is 1. The van der Waals surface area contributed by atoms with E-state index in [4.69, 9.17) is 0 Å². The van der Waals surface area contributed by atoms with Gasteiger partial charge in [0, 0.05) is 49.3 Å². The van der Waals surface area contributed by atoms with Crippen LogP contribution in [0.3, 0.4) is 0 Å². The van der Waals surface area contributed by atoms with E-state index in [0.717, 1.165) is 66.9 Å². The van der Waals surface area contributed by atoms with Crippen LogP contribution in [0.1, 0.15) is 59.5 Å². The number of nitrogens with one attached hydrogen (secondary N) is 2. The fraction of sp³-hybridized carbons (Fsp3) is 0.542. The van der Waals surface area contributed by atoms with Crippen LogP contribution in [0.2, 0.25) is 0 Å². The molecule has 2 N–H and O–H groups in total. The van der Waals surface area contributed by atoms with Crippen molar-refractivity contribution in [3.63, 3.8) is 0 Å². The van der Waals surface area contributed by atoms with Crippen LogP contribution in [0.25, 0.3) is 10.9 Å². The Labute approximate surface area is 198 Å². The third kappa shape index (κ3) is 5.77. The SMILES string of the molecule is CCCCC(Cc1c[nH]c2ccc(F)cc12)NC(=O)c1nnc(C(C)N2CCN(C)CC2)s1. The van der Waals surface area contributed by atoms with Gasteiger partial charge in [-0.05, 0) is 50.6 Å². The van der Waals surface area contributed by atoms with Gasteiger partial charge in [-0.15, -0.1) is 10.2 Å². The molecule has 1 amide bonds. The van der Waals surface area contributed by atoms with E-state index in [1.165, 1.54) is 17.4 Å². The minimum Gasteiger partial charge on any atom is -0.361 e. The van der Waals surface area contributed by atoms with Gasteiger partial charge in [0.15, 0.2) is 0 Å². The molecule has 9 heteroatoms. The molecular weight excluding hydrogens is 439 g/mol. The van der Waals surface area contributed by atoms with E-state index in [2.05, 4.69) is 51.2 Å². The van der Waals surface area contributed by atoms with Crippen molar-refractivity contribution in [1.82, 2.24) is 30.3 Å². The third-order valence-corrected chi connectivity index (χ3v) is 7.61.